The summed E-state index contributed by atoms with van der Waals surface area (Å²) in [5, 5.41) is 2.99. The van der Waals surface area contributed by atoms with E-state index < -0.39 is 0 Å². The van der Waals surface area contributed by atoms with Crippen LogP contribution in [0.4, 0.5) is 5.69 Å². The van der Waals surface area contributed by atoms with Gasteiger partial charge in [-0.1, -0.05) is 64.4 Å². The van der Waals surface area contributed by atoms with Crippen molar-refractivity contribution in [1.29, 1.82) is 0 Å². The Balaban J connectivity index is 1.21. The van der Waals surface area contributed by atoms with Crippen LogP contribution >= 0.6 is 0 Å². The van der Waals surface area contributed by atoms with Crippen LogP contribution in [0, 0.1) is 6.92 Å². The van der Waals surface area contributed by atoms with E-state index in [1.165, 1.54) is 11.3 Å². The minimum Gasteiger partial charge on any atom is -0.367 e. The van der Waals surface area contributed by atoms with Crippen LogP contribution < -0.4 is 10.2 Å². The van der Waals surface area contributed by atoms with Crippen LogP contribution in [0.2, 0.25) is 0 Å². The van der Waals surface area contributed by atoms with Gasteiger partial charge in [-0.05, 0) is 36.5 Å². The van der Waals surface area contributed by atoms with Gasteiger partial charge in [-0.2, -0.15) is 0 Å². The van der Waals surface area contributed by atoms with E-state index in [0.29, 0.717) is 6.54 Å². The maximum atomic E-state index is 12.3. The number of unbranched alkanes of at least 4 members (excludes halogenated alkanes) is 1. The number of aromatic nitrogens is 4. The van der Waals surface area contributed by atoms with Crippen molar-refractivity contribution in [2.45, 2.75) is 66.0 Å². The highest BCUT2D eigenvalue weighted by atomic mass is 16.1. The Bertz CT molecular complexity index is 1440. The van der Waals surface area contributed by atoms with Crippen molar-refractivity contribution >= 4 is 22.6 Å². The molecular formula is C32H43N7O. The molecular weight excluding hydrogens is 498 g/mol. The number of nitrogens with zero attached hydrogens (tertiary/aromatic N) is 5. The first-order valence-corrected chi connectivity index (χ1v) is 14.6. The molecule has 0 atom stereocenters. The van der Waals surface area contributed by atoms with Crippen molar-refractivity contribution < 1.29 is 4.79 Å². The number of carbonyl (C=O) groups is 1. The zero-order chi connectivity index (χ0) is 28.3. The molecule has 0 bridgehead atoms. The highest BCUT2D eigenvalue weighted by Crippen LogP contribution is 2.30. The molecule has 3 heterocycles. The number of imidazole rings is 2. The number of hydrogen-bond acceptors (Lipinski definition) is 5. The van der Waals surface area contributed by atoms with Crippen molar-refractivity contribution in [2.24, 2.45) is 0 Å². The Morgan fingerprint density at radius 3 is 2.48 bits per heavy atom. The Morgan fingerprint density at radius 2 is 1.77 bits per heavy atom. The van der Waals surface area contributed by atoms with Gasteiger partial charge in [0.25, 0.3) is 0 Å². The molecule has 1 aliphatic heterocycles. The van der Waals surface area contributed by atoms with E-state index in [1.807, 2.05) is 17.7 Å². The van der Waals surface area contributed by atoms with E-state index in [1.54, 1.807) is 0 Å². The molecule has 8 nitrogen and oxygen atoms in total. The molecule has 8 heteroatoms. The summed E-state index contributed by atoms with van der Waals surface area (Å²) in [5.74, 6) is 1.84. The van der Waals surface area contributed by atoms with E-state index in [4.69, 9.17) is 9.97 Å². The van der Waals surface area contributed by atoms with Crippen molar-refractivity contribution in [3.8, 4) is 11.4 Å². The second-order valence-corrected chi connectivity index (χ2v) is 12.0. The minimum absolute atomic E-state index is 0.0479. The molecule has 0 spiro atoms. The van der Waals surface area contributed by atoms with Crippen molar-refractivity contribution in [1.82, 2.24) is 29.7 Å². The van der Waals surface area contributed by atoms with Gasteiger partial charge in [0.15, 0.2) is 0 Å². The van der Waals surface area contributed by atoms with Gasteiger partial charge in [-0.15, -0.1) is 0 Å². The molecule has 1 aliphatic rings. The first kappa shape index (κ1) is 27.9. The third kappa shape index (κ3) is 6.39. The van der Waals surface area contributed by atoms with E-state index in [-0.39, 0.29) is 11.3 Å². The summed E-state index contributed by atoms with van der Waals surface area (Å²) in [5.41, 5.74) is 6.84. The highest BCUT2D eigenvalue weighted by Gasteiger charge is 2.22. The average molecular weight is 542 g/mol. The number of benzene rings is 2. The quantitative estimate of drug-likeness (QED) is 0.282. The molecule has 40 heavy (non-hydrogen) atoms. The zero-order valence-corrected chi connectivity index (χ0v) is 24.6. The number of para-hydroxylation sites is 1. The Morgan fingerprint density at radius 1 is 1.02 bits per heavy atom. The van der Waals surface area contributed by atoms with Gasteiger partial charge in [-0.3, -0.25) is 9.69 Å². The molecule has 0 saturated carbocycles. The topological polar surface area (TPSA) is 82.1 Å². The maximum absolute atomic E-state index is 12.3. The van der Waals surface area contributed by atoms with E-state index >= 15 is 0 Å². The number of aromatic amines is 1. The molecule has 212 valence electrons. The molecule has 0 aliphatic carbocycles. The SMILES string of the molecule is CCCCNC(=O)Cn1cc(CN2CCN(c3cccc4[nH]c(-c5ccc(C(C)(C)C)cc5)nc34)CC2)nc1C. The largest absolute Gasteiger partial charge is 0.367 e. The van der Waals surface area contributed by atoms with Gasteiger partial charge in [0.2, 0.25) is 5.91 Å². The second kappa shape index (κ2) is 11.8. The normalized spacial score (nSPS) is 14.7. The molecule has 2 aromatic heterocycles. The van der Waals surface area contributed by atoms with Crippen molar-refractivity contribution in [3.05, 3.63) is 65.7 Å². The van der Waals surface area contributed by atoms with Gasteiger partial charge in [0, 0.05) is 51.0 Å². The Hall–Kier alpha value is -3.65. The summed E-state index contributed by atoms with van der Waals surface area (Å²) in [6.45, 7) is 16.4. The van der Waals surface area contributed by atoms with E-state index in [0.717, 1.165) is 86.0 Å². The van der Waals surface area contributed by atoms with Crippen LogP contribution in [0.15, 0.2) is 48.7 Å². The lowest BCUT2D eigenvalue weighted by Gasteiger charge is -2.35. The summed E-state index contributed by atoms with van der Waals surface area (Å²) in [6, 6.07) is 15.1. The first-order valence-electron chi connectivity index (χ1n) is 14.6. The third-order valence-electron chi connectivity index (χ3n) is 7.81. The maximum Gasteiger partial charge on any atom is 0.239 e. The van der Waals surface area contributed by atoms with Gasteiger partial charge in [-0.25, -0.2) is 9.97 Å². The smallest absolute Gasteiger partial charge is 0.239 e. The van der Waals surface area contributed by atoms with Gasteiger partial charge >= 0.3 is 0 Å². The molecule has 1 amide bonds. The molecule has 0 unspecified atom stereocenters. The number of piperazine rings is 1. The average Bonchev–Trinajstić information content (AvgIpc) is 3.52. The molecule has 0 radical (unpaired) electrons. The number of carbonyl (C=O) groups excluding carboxylic acids is 1. The van der Waals surface area contributed by atoms with Gasteiger partial charge in [0.1, 0.15) is 23.7 Å². The van der Waals surface area contributed by atoms with Crippen LogP contribution in [0.3, 0.4) is 0 Å². The van der Waals surface area contributed by atoms with Crippen LogP contribution in [-0.4, -0.2) is 63.0 Å². The molecule has 2 aromatic carbocycles. The molecule has 2 N–H and O–H groups in total. The fourth-order valence-corrected chi connectivity index (χ4v) is 5.34. The Labute approximate surface area is 237 Å². The number of H-pyrrole nitrogens is 1. The fourth-order valence-electron chi connectivity index (χ4n) is 5.34. The molecule has 1 fully saturated rings. The number of amides is 1. The third-order valence-corrected chi connectivity index (χ3v) is 7.81. The highest BCUT2D eigenvalue weighted by molar-refractivity contribution is 5.91. The van der Waals surface area contributed by atoms with E-state index in [2.05, 4.69) is 90.3 Å². The Kier molecular flexibility index (Phi) is 8.26. The van der Waals surface area contributed by atoms with E-state index in [9.17, 15) is 4.79 Å². The van der Waals surface area contributed by atoms with Gasteiger partial charge < -0.3 is 19.8 Å². The summed E-state index contributed by atoms with van der Waals surface area (Å²) in [4.78, 5) is 30.4. The van der Waals surface area contributed by atoms with Crippen molar-refractivity contribution in [3.63, 3.8) is 0 Å². The predicted molar refractivity (Wildman–Crippen MR) is 163 cm³/mol. The number of nitrogens with one attached hydrogen (secondary N) is 2. The second-order valence-electron chi connectivity index (χ2n) is 12.0. The number of anilines is 1. The number of fused-ring (bicyclic) bond motifs is 1. The minimum atomic E-state index is 0.0479. The van der Waals surface area contributed by atoms with Crippen LogP contribution in [0.25, 0.3) is 22.4 Å². The first-order chi connectivity index (χ1) is 19.2. The van der Waals surface area contributed by atoms with Crippen molar-refractivity contribution in [2.75, 3.05) is 37.6 Å². The number of hydrogen-bond donors (Lipinski definition) is 2. The lowest BCUT2D eigenvalue weighted by molar-refractivity contribution is -0.121. The lowest BCUT2D eigenvalue weighted by Crippen LogP contribution is -2.46. The monoisotopic (exact) mass is 541 g/mol. The van der Waals surface area contributed by atoms with Crippen LogP contribution in [-0.2, 0) is 23.3 Å². The fraction of sp³-hybridized carbons (Fsp3) is 0.469. The summed E-state index contributed by atoms with van der Waals surface area (Å²) in [6.07, 6.45) is 4.11. The summed E-state index contributed by atoms with van der Waals surface area (Å²) in [7, 11) is 0. The zero-order valence-electron chi connectivity index (χ0n) is 24.6. The number of aryl methyl sites for hydroxylation is 1. The summed E-state index contributed by atoms with van der Waals surface area (Å²) >= 11 is 0. The molecule has 1 saturated heterocycles. The number of rotatable bonds is 9. The van der Waals surface area contributed by atoms with Crippen LogP contribution in [0.1, 0.15) is 57.6 Å². The van der Waals surface area contributed by atoms with Gasteiger partial charge in [0.05, 0.1) is 16.9 Å². The molecule has 4 aromatic rings. The lowest BCUT2D eigenvalue weighted by atomic mass is 9.87. The summed E-state index contributed by atoms with van der Waals surface area (Å²) < 4.78 is 1.96. The standard InChI is InChI=1S/C32H43N7O/c1-6-7-15-33-29(40)22-39-21-26(34-23(39)2)20-37-16-18-38(19-17-37)28-10-8-9-27-30(28)36-31(35-27)24-11-13-25(14-12-24)32(3,4)5/h8-14,21H,6-7,15-20,22H2,1-5H3,(H,33,40)(H,35,36). The van der Waals surface area contributed by atoms with Crippen LogP contribution in [0.5, 0.6) is 0 Å². The molecule has 5 rings (SSSR count). The predicted octanol–water partition coefficient (Wildman–Crippen LogP) is 5.27.